The Balaban J connectivity index is 1.26. The molecule has 2 saturated heterocycles. The molecule has 0 saturated carbocycles. The van der Waals surface area contributed by atoms with Crippen LogP contribution in [0.15, 0.2) is 30.9 Å². The van der Waals surface area contributed by atoms with E-state index in [1.165, 1.54) is 17.2 Å². The van der Waals surface area contributed by atoms with E-state index in [9.17, 15) is 19.8 Å². The minimum absolute atomic E-state index is 0.0773. The number of ether oxygens (including phenoxy) is 2. The van der Waals surface area contributed by atoms with Crippen molar-refractivity contribution in [3.63, 3.8) is 0 Å². The van der Waals surface area contributed by atoms with Crippen LogP contribution in [-0.4, -0.2) is 108 Å². The number of aromatic nitrogens is 4. The van der Waals surface area contributed by atoms with Crippen LogP contribution in [-0.2, 0) is 20.9 Å². The molecule has 2 aliphatic heterocycles. The summed E-state index contributed by atoms with van der Waals surface area (Å²) in [6, 6.07) is 4.48. The Morgan fingerprint density at radius 3 is 2.66 bits per heavy atom. The van der Waals surface area contributed by atoms with Gasteiger partial charge in [-0.25, -0.2) is 19.7 Å². The molecule has 5 N–H and O–H groups in total. The summed E-state index contributed by atoms with van der Waals surface area (Å²) in [7, 11) is 0. The number of hydrogen-bond donors (Lipinski definition) is 4. The molecular formula is C26H33ClN8O6. The Morgan fingerprint density at radius 1 is 1.22 bits per heavy atom. The zero-order valence-electron chi connectivity index (χ0n) is 22.7. The molecule has 4 heterocycles. The summed E-state index contributed by atoms with van der Waals surface area (Å²) >= 11 is 6.26. The Hall–Kier alpha value is -3.56. The largest absolute Gasteiger partial charge is 0.483 e. The zero-order chi connectivity index (χ0) is 29.3. The molecule has 2 fully saturated rings. The maximum Gasteiger partial charge on any atom is 0.334 e. The number of imidazole rings is 1. The van der Waals surface area contributed by atoms with E-state index in [1.54, 1.807) is 18.2 Å². The molecule has 3 aromatic rings. The quantitative estimate of drug-likeness (QED) is 0.275. The molecule has 0 radical (unpaired) electrons. The number of rotatable bonds is 9. The average Bonchev–Trinajstić information content (AvgIpc) is 3.52. The van der Waals surface area contributed by atoms with Gasteiger partial charge in [-0.15, -0.1) is 0 Å². The van der Waals surface area contributed by atoms with Crippen LogP contribution in [0.5, 0.6) is 5.75 Å². The first kappa shape index (κ1) is 29.0. The van der Waals surface area contributed by atoms with Crippen molar-refractivity contribution >= 4 is 40.5 Å². The number of amides is 1. The SMILES string of the molecule is CC(C)N1CCN(C(=O)COc2ccc(Cl)cc2CNc2ncnc3c2ncn3[C@@H]2O[C@H](C(=O)O)[C@@H](N)[C@H]2O)CC1. The van der Waals surface area contributed by atoms with Gasteiger partial charge in [0.1, 0.15) is 18.2 Å². The summed E-state index contributed by atoms with van der Waals surface area (Å²) < 4.78 is 12.9. The molecule has 0 bridgehead atoms. The van der Waals surface area contributed by atoms with E-state index in [1.807, 2.05) is 4.90 Å². The normalized spacial score (nSPS) is 23.3. The highest BCUT2D eigenvalue weighted by atomic mass is 35.5. The third kappa shape index (κ3) is 6.06. The molecule has 1 aromatic carbocycles. The van der Waals surface area contributed by atoms with Crippen molar-refractivity contribution in [3.05, 3.63) is 41.4 Å². The Bertz CT molecular complexity index is 1410. The number of carbonyl (C=O) groups is 2. The van der Waals surface area contributed by atoms with Gasteiger partial charge in [-0.1, -0.05) is 11.6 Å². The molecule has 0 aliphatic carbocycles. The number of hydrogen-bond acceptors (Lipinski definition) is 11. The number of nitrogens with one attached hydrogen (secondary N) is 1. The predicted molar refractivity (Wildman–Crippen MR) is 148 cm³/mol. The Labute approximate surface area is 241 Å². The maximum atomic E-state index is 12.8. The summed E-state index contributed by atoms with van der Waals surface area (Å²) in [5, 5.41) is 23.6. The van der Waals surface area contributed by atoms with Crippen LogP contribution in [0.2, 0.25) is 5.02 Å². The summed E-state index contributed by atoms with van der Waals surface area (Å²) in [6.07, 6.45) is -1.04. The van der Waals surface area contributed by atoms with Crippen LogP contribution in [0.4, 0.5) is 5.82 Å². The number of aliphatic carboxylic acids is 1. The van der Waals surface area contributed by atoms with Gasteiger partial charge in [-0.2, -0.15) is 0 Å². The lowest BCUT2D eigenvalue weighted by Crippen LogP contribution is -2.51. The molecule has 5 rings (SSSR count). The molecule has 14 nitrogen and oxygen atoms in total. The molecule has 0 spiro atoms. The number of carbonyl (C=O) groups excluding carboxylic acids is 1. The number of carboxylic acids is 1. The fourth-order valence-corrected chi connectivity index (χ4v) is 5.23. The van der Waals surface area contributed by atoms with Gasteiger partial charge in [0.2, 0.25) is 0 Å². The number of aliphatic hydroxyl groups excluding tert-OH is 1. The van der Waals surface area contributed by atoms with Crippen LogP contribution in [0.3, 0.4) is 0 Å². The van der Waals surface area contributed by atoms with Crippen molar-refractivity contribution in [2.45, 2.75) is 50.9 Å². The molecule has 15 heteroatoms. The van der Waals surface area contributed by atoms with Gasteiger partial charge in [-0.05, 0) is 32.0 Å². The molecule has 1 amide bonds. The third-order valence-corrected chi connectivity index (χ3v) is 7.65. The highest BCUT2D eigenvalue weighted by molar-refractivity contribution is 6.30. The van der Waals surface area contributed by atoms with Gasteiger partial charge in [0, 0.05) is 49.4 Å². The summed E-state index contributed by atoms with van der Waals surface area (Å²) in [6.45, 7) is 7.44. The van der Waals surface area contributed by atoms with Crippen LogP contribution in [0.1, 0.15) is 25.6 Å². The maximum absolute atomic E-state index is 12.8. The lowest BCUT2D eigenvalue weighted by molar-refractivity contribution is -0.152. The van der Waals surface area contributed by atoms with E-state index < -0.39 is 30.4 Å². The number of nitrogens with zero attached hydrogens (tertiary/aromatic N) is 6. The van der Waals surface area contributed by atoms with Gasteiger partial charge >= 0.3 is 5.97 Å². The summed E-state index contributed by atoms with van der Waals surface area (Å²) in [4.78, 5) is 41.3. The molecule has 41 heavy (non-hydrogen) atoms. The van der Waals surface area contributed by atoms with Gasteiger partial charge in [0.15, 0.2) is 35.9 Å². The van der Waals surface area contributed by atoms with Crippen LogP contribution < -0.4 is 15.8 Å². The van der Waals surface area contributed by atoms with Crippen LogP contribution in [0, 0.1) is 0 Å². The number of fused-ring (bicyclic) bond motifs is 1. The fraction of sp³-hybridized carbons (Fsp3) is 0.500. The van der Waals surface area contributed by atoms with Crippen LogP contribution in [0.25, 0.3) is 11.2 Å². The van der Waals surface area contributed by atoms with Crippen molar-refractivity contribution in [1.29, 1.82) is 0 Å². The van der Waals surface area contributed by atoms with E-state index in [2.05, 4.69) is 39.0 Å². The number of aliphatic hydroxyl groups is 1. The minimum Gasteiger partial charge on any atom is -0.483 e. The number of carboxylic acid groups (broad SMARTS) is 1. The predicted octanol–water partition coefficient (Wildman–Crippen LogP) is 0.693. The number of halogens is 1. The van der Waals surface area contributed by atoms with E-state index in [4.69, 9.17) is 26.8 Å². The summed E-state index contributed by atoms with van der Waals surface area (Å²) in [5.41, 5.74) is 7.24. The second-order valence-electron chi connectivity index (χ2n) is 10.3. The monoisotopic (exact) mass is 588 g/mol. The van der Waals surface area contributed by atoms with Gasteiger partial charge in [0.05, 0.1) is 12.4 Å². The smallest absolute Gasteiger partial charge is 0.334 e. The van der Waals surface area contributed by atoms with Gasteiger partial charge in [0.25, 0.3) is 5.91 Å². The van der Waals surface area contributed by atoms with E-state index in [0.29, 0.717) is 52.4 Å². The molecular weight excluding hydrogens is 556 g/mol. The van der Waals surface area contributed by atoms with E-state index >= 15 is 0 Å². The zero-order valence-corrected chi connectivity index (χ0v) is 23.4. The van der Waals surface area contributed by atoms with E-state index in [0.717, 1.165) is 13.1 Å². The fourth-order valence-electron chi connectivity index (χ4n) is 5.04. The first-order valence-corrected chi connectivity index (χ1v) is 13.7. The second kappa shape index (κ2) is 12.1. The number of nitrogens with two attached hydrogens (primary N) is 1. The van der Waals surface area contributed by atoms with Gasteiger partial charge in [-0.3, -0.25) is 14.3 Å². The molecule has 2 aromatic heterocycles. The highest BCUT2D eigenvalue weighted by Gasteiger charge is 2.46. The number of anilines is 1. The Morgan fingerprint density at radius 2 is 1.98 bits per heavy atom. The third-order valence-electron chi connectivity index (χ3n) is 7.42. The second-order valence-corrected chi connectivity index (χ2v) is 10.7. The van der Waals surface area contributed by atoms with Crippen molar-refractivity contribution < 1.29 is 29.3 Å². The van der Waals surface area contributed by atoms with Crippen molar-refractivity contribution in [2.24, 2.45) is 5.73 Å². The standard InChI is InChI=1S/C26H33ClN8O6/c1-14(2)33-5-7-34(8-6-33)18(36)11-40-17-4-3-16(27)9-15(17)10-29-23-20-24(31-12-30-23)35(13-32-20)25-21(37)19(28)22(41-25)26(38)39/h3-4,9,12-14,19,21-22,25,37H,5-8,10-11,28H2,1-2H3,(H,38,39)(H,29,30,31)/t19-,21+,22-,25+/m0/s1. The average molecular weight is 589 g/mol. The van der Waals surface area contributed by atoms with E-state index in [-0.39, 0.29) is 19.1 Å². The first-order chi connectivity index (χ1) is 19.6. The van der Waals surface area contributed by atoms with Crippen molar-refractivity contribution in [3.8, 4) is 5.75 Å². The lowest BCUT2D eigenvalue weighted by atomic mass is 10.1. The molecule has 2 aliphatic rings. The van der Waals surface area contributed by atoms with Crippen LogP contribution >= 0.6 is 11.6 Å². The molecule has 4 atom stereocenters. The molecule has 220 valence electrons. The summed E-state index contributed by atoms with van der Waals surface area (Å²) in [5.74, 6) is -0.463. The lowest BCUT2D eigenvalue weighted by Gasteiger charge is -2.36. The highest BCUT2D eigenvalue weighted by Crippen LogP contribution is 2.32. The number of piperazine rings is 1. The van der Waals surface area contributed by atoms with Crippen molar-refractivity contribution in [2.75, 3.05) is 38.1 Å². The van der Waals surface area contributed by atoms with Gasteiger partial charge < -0.3 is 35.6 Å². The minimum atomic E-state index is -1.37. The van der Waals surface area contributed by atoms with Crippen molar-refractivity contribution in [1.82, 2.24) is 29.3 Å². The number of benzene rings is 1. The molecule has 0 unspecified atom stereocenters. The Kier molecular flexibility index (Phi) is 8.56. The first-order valence-electron chi connectivity index (χ1n) is 13.3. The topological polar surface area (TPSA) is 181 Å².